The summed E-state index contributed by atoms with van der Waals surface area (Å²) in [6, 6.07) is 3.57. The van der Waals surface area contributed by atoms with Crippen LogP contribution < -0.4 is 9.47 Å². The van der Waals surface area contributed by atoms with Crippen LogP contribution in [0.25, 0.3) is 11.4 Å². The fraction of sp³-hybridized carbons (Fsp3) is 0.333. The topological polar surface area (TPSA) is 44.2 Å². The molecule has 21 heavy (non-hydrogen) atoms. The van der Waals surface area contributed by atoms with E-state index in [0.717, 1.165) is 16.8 Å². The number of aryl methyl sites for hydroxylation is 1. The second-order valence-electron chi connectivity index (χ2n) is 5.18. The van der Waals surface area contributed by atoms with Gasteiger partial charge in [-0.1, -0.05) is 37.0 Å². The zero-order chi connectivity index (χ0) is 15.1. The highest BCUT2D eigenvalue weighted by Crippen LogP contribution is 2.42. The molecule has 2 heterocycles. The molecule has 1 aliphatic rings. The Morgan fingerprint density at radius 2 is 1.90 bits per heavy atom. The van der Waals surface area contributed by atoms with E-state index in [-0.39, 0.29) is 12.7 Å². The minimum atomic E-state index is 0.172. The monoisotopic (exact) mass is 324 g/mol. The summed E-state index contributed by atoms with van der Waals surface area (Å²) < 4.78 is 10.7. The molecule has 0 radical (unpaired) electrons. The summed E-state index contributed by atoms with van der Waals surface area (Å²) in [5, 5.41) is 0.951. The molecule has 1 aromatic heterocycles. The van der Waals surface area contributed by atoms with Gasteiger partial charge >= 0.3 is 0 Å². The second kappa shape index (κ2) is 5.35. The van der Waals surface area contributed by atoms with E-state index in [1.165, 1.54) is 0 Å². The second-order valence-corrected chi connectivity index (χ2v) is 5.95. The van der Waals surface area contributed by atoms with E-state index in [1.54, 1.807) is 6.07 Å². The van der Waals surface area contributed by atoms with E-state index in [2.05, 4.69) is 23.8 Å². The molecule has 1 aliphatic heterocycles. The Labute approximate surface area is 133 Å². The van der Waals surface area contributed by atoms with Gasteiger partial charge in [-0.2, -0.15) is 0 Å². The lowest BCUT2D eigenvalue weighted by Gasteiger charge is -2.12. The molecule has 0 amide bonds. The fourth-order valence-corrected chi connectivity index (χ4v) is 3.13. The maximum absolute atomic E-state index is 6.30. The van der Waals surface area contributed by atoms with E-state index >= 15 is 0 Å². The number of fused-ring (bicyclic) bond motifs is 1. The number of benzene rings is 1. The zero-order valence-electron chi connectivity index (χ0n) is 11.9. The summed E-state index contributed by atoms with van der Waals surface area (Å²) in [7, 11) is 0. The molecule has 0 bridgehead atoms. The van der Waals surface area contributed by atoms with Crippen molar-refractivity contribution in [2.75, 3.05) is 6.79 Å². The highest BCUT2D eigenvalue weighted by molar-refractivity contribution is 6.32. The van der Waals surface area contributed by atoms with Gasteiger partial charge in [-0.15, -0.1) is 0 Å². The minimum Gasteiger partial charge on any atom is -0.454 e. The van der Waals surface area contributed by atoms with Gasteiger partial charge in [-0.05, 0) is 25.0 Å². The van der Waals surface area contributed by atoms with Crippen LogP contribution >= 0.6 is 23.2 Å². The number of rotatable bonds is 2. The van der Waals surface area contributed by atoms with Crippen LogP contribution in [0.5, 0.6) is 11.5 Å². The van der Waals surface area contributed by atoms with Crippen molar-refractivity contribution in [3.05, 3.63) is 33.6 Å². The molecule has 0 spiro atoms. The predicted molar refractivity (Wildman–Crippen MR) is 82.4 cm³/mol. The highest BCUT2D eigenvalue weighted by Gasteiger charge is 2.21. The van der Waals surface area contributed by atoms with E-state index in [0.29, 0.717) is 27.5 Å². The highest BCUT2D eigenvalue weighted by atomic mass is 35.5. The molecular formula is C15H14Cl2N2O2. The molecule has 4 nitrogen and oxygen atoms in total. The molecular weight excluding hydrogens is 311 g/mol. The Morgan fingerprint density at radius 3 is 2.57 bits per heavy atom. The molecule has 0 N–H and O–H groups in total. The molecule has 0 fully saturated rings. The smallest absolute Gasteiger partial charge is 0.231 e. The summed E-state index contributed by atoms with van der Waals surface area (Å²) in [5.74, 6) is 1.96. The quantitative estimate of drug-likeness (QED) is 0.756. The minimum absolute atomic E-state index is 0.172. The first kappa shape index (κ1) is 14.4. The summed E-state index contributed by atoms with van der Waals surface area (Å²) in [6.45, 7) is 6.23. The van der Waals surface area contributed by atoms with Gasteiger partial charge in [0.25, 0.3) is 0 Å². The van der Waals surface area contributed by atoms with Crippen molar-refractivity contribution in [1.29, 1.82) is 0 Å². The normalized spacial score (nSPS) is 13.0. The third-order valence-corrected chi connectivity index (χ3v) is 3.92. The van der Waals surface area contributed by atoms with E-state index in [1.807, 2.05) is 13.0 Å². The van der Waals surface area contributed by atoms with Gasteiger partial charge in [0.1, 0.15) is 5.15 Å². The largest absolute Gasteiger partial charge is 0.454 e. The van der Waals surface area contributed by atoms with Crippen LogP contribution in [0.15, 0.2) is 12.1 Å². The summed E-state index contributed by atoms with van der Waals surface area (Å²) in [6.07, 6.45) is 0. The van der Waals surface area contributed by atoms with Gasteiger partial charge in [0.05, 0.1) is 5.02 Å². The van der Waals surface area contributed by atoms with Crippen LogP contribution in [0.3, 0.4) is 0 Å². The van der Waals surface area contributed by atoms with Crippen molar-refractivity contribution in [2.24, 2.45) is 0 Å². The van der Waals surface area contributed by atoms with Crippen LogP contribution in [-0.2, 0) is 0 Å². The molecule has 0 unspecified atom stereocenters. The van der Waals surface area contributed by atoms with Crippen molar-refractivity contribution >= 4 is 23.2 Å². The molecule has 110 valence electrons. The number of aromatic nitrogens is 2. The molecule has 0 saturated heterocycles. The van der Waals surface area contributed by atoms with Crippen LogP contribution in [0.1, 0.15) is 31.0 Å². The first-order valence-electron chi connectivity index (χ1n) is 6.61. The molecule has 2 aromatic rings. The number of hydrogen-bond acceptors (Lipinski definition) is 4. The van der Waals surface area contributed by atoms with Gasteiger partial charge in [-0.25, -0.2) is 9.97 Å². The zero-order valence-corrected chi connectivity index (χ0v) is 13.4. The molecule has 3 rings (SSSR count). The average molecular weight is 325 g/mol. The summed E-state index contributed by atoms with van der Waals surface area (Å²) in [5.41, 5.74) is 2.59. The van der Waals surface area contributed by atoms with E-state index < -0.39 is 0 Å². The van der Waals surface area contributed by atoms with Gasteiger partial charge in [0.2, 0.25) is 6.79 Å². The first-order chi connectivity index (χ1) is 9.97. The Morgan fingerprint density at radius 1 is 1.14 bits per heavy atom. The van der Waals surface area contributed by atoms with Crippen molar-refractivity contribution in [3.63, 3.8) is 0 Å². The number of ether oxygens (including phenoxy) is 2. The van der Waals surface area contributed by atoms with Gasteiger partial charge in [0.15, 0.2) is 17.3 Å². The molecule has 0 aliphatic carbocycles. The summed E-state index contributed by atoms with van der Waals surface area (Å²) >= 11 is 12.5. The Kier molecular flexibility index (Phi) is 3.68. The third kappa shape index (κ3) is 2.54. The van der Waals surface area contributed by atoms with E-state index in [9.17, 15) is 0 Å². The average Bonchev–Trinajstić information content (AvgIpc) is 2.86. The Hall–Kier alpha value is -1.52. The Bertz CT molecular complexity index is 694. The summed E-state index contributed by atoms with van der Waals surface area (Å²) in [4.78, 5) is 8.93. The maximum Gasteiger partial charge on any atom is 0.231 e. The predicted octanol–water partition coefficient (Wildman–Crippen LogP) is 4.61. The number of hydrogen-bond donors (Lipinski definition) is 0. The lowest BCUT2D eigenvalue weighted by molar-refractivity contribution is 0.174. The van der Waals surface area contributed by atoms with Gasteiger partial charge in [0, 0.05) is 16.8 Å². The van der Waals surface area contributed by atoms with Crippen molar-refractivity contribution in [1.82, 2.24) is 9.97 Å². The van der Waals surface area contributed by atoms with Crippen molar-refractivity contribution in [2.45, 2.75) is 26.7 Å². The first-order valence-corrected chi connectivity index (χ1v) is 7.36. The number of halogens is 2. The molecule has 0 saturated carbocycles. The van der Waals surface area contributed by atoms with Crippen molar-refractivity contribution in [3.8, 4) is 22.9 Å². The molecule has 0 atom stereocenters. The van der Waals surface area contributed by atoms with Gasteiger partial charge < -0.3 is 9.47 Å². The van der Waals surface area contributed by atoms with E-state index in [4.69, 9.17) is 32.7 Å². The standard InChI is InChI=1S/C15H14Cl2N2O2/c1-7(2)12-8(3)18-15(19-14(12)17)9-4-10(16)13-11(5-9)20-6-21-13/h4-5,7H,6H2,1-3H3. The lowest BCUT2D eigenvalue weighted by Crippen LogP contribution is -2.02. The Balaban J connectivity index is 2.12. The molecule has 6 heteroatoms. The van der Waals surface area contributed by atoms with Crippen LogP contribution in [0.4, 0.5) is 0 Å². The maximum atomic E-state index is 6.30. The fourth-order valence-electron chi connectivity index (χ4n) is 2.43. The van der Waals surface area contributed by atoms with Crippen molar-refractivity contribution < 1.29 is 9.47 Å². The SMILES string of the molecule is Cc1nc(-c2cc(Cl)c3c(c2)OCO3)nc(Cl)c1C(C)C. The van der Waals surface area contributed by atoms with Crippen LogP contribution in [0, 0.1) is 6.92 Å². The third-order valence-electron chi connectivity index (χ3n) is 3.35. The van der Waals surface area contributed by atoms with Gasteiger partial charge in [-0.3, -0.25) is 0 Å². The molecule has 1 aromatic carbocycles. The lowest BCUT2D eigenvalue weighted by atomic mass is 10.0. The van der Waals surface area contributed by atoms with Crippen LogP contribution in [-0.4, -0.2) is 16.8 Å². The van der Waals surface area contributed by atoms with Crippen LogP contribution in [0.2, 0.25) is 10.2 Å². The number of nitrogens with zero attached hydrogens (tertiary/aromatic N) is 2.